The molecule has 294 valence electrons. The molecule has 0 radical (unpaired) electrons. The lowest BCUT2D eigenvalue weighted by Gasteiger charge is -2.37. The first-order valence-corrected chi connectivity index (χ1v) is 20.9. The molecule has 1 saturated heterocycles. The van der Waals surface area contributed by atoms with Crippen molar-refractivity contribution >= 4 is 48.8 Å². The number of piperazine rings is 1. The van der Waals surface area contributed by atoms with Crippen molar-refractivity contribution in [1.29, 1.82) is 0 Å². The van der Waals surface area contributed by atoms with E-state index in [0.717, 1.165) is 21.9 Å². The number of sulfonamides is 2. The van der Waals surface area contributed by atoms with E-state index in [1.54, 1.807) is 46.8 Å². The van der Waals surface area contributed by atoms with Gasteiger partial charge in [0.1, 0.15) is 23.0 Å². The quantitative estimate of drug-likeness (QED) is 0.152. The van der Waals surface area contributed by atoms with Crippen LogP contribution in [0.5, 0.6) is 5.75 Å². The van der Waals surface area contributed by atoms with Gasteiger partial charge in [-0.2, -0.15) is 13.1 Å². The van der Waals surface area contributed by atoms with Crippen LogP contribution in [0.15, 0.2) is 56.7 Å². The Hall–Kier alpha value is -4.41. The van der Waals surface area contributed by atoms with E-state index in [2.05, 4.69) is 14.4 Å². The Morgan fingerprint density at radius 1 is 0.944 bits per heavy atom. The van der Waals surface area contributed by atoms with Crippen molar-refractivity contribution in [3.8, 4) is 5.75 Å². The molecule has 4 N–H and O–H groups in total. The first kappa shape index (κ1) is 40.8. The zero-order valence-electron chi connectivity index (χ0n) is 32.3. The number of benzene rings is 3. The molecule has 3 aromatic rings. The highest BCUT2D eigenvalue weighted by molar-refractivity contribution is 7.90. The molecule has 14 nitrogen and oxygen atoms in total. The van der Waals surface area contributed by atoms with Gasteiger partial charge >= 0.3 is 6.09 Å². The van der Waals surface area contributed by atoms with Crippen LogP contribution in [0.1, 0.15) is 69.7 Å². The summed E-state index contributed by atoms with van der Waals surface area (Å²) in [6.07, 6.45) is 0.361. The van der Waals surface area contributed by atoms with Gasteiger partial charge in [-0.15, -0.1) is 4.40 Å². The molecule has 1 unspecified atom stereocenters. The van der Waals surface area contributed by atoms with Crippen LogP contribution in [0.4, 0.5) is 4.79 Å². The Morgan fingerprint density at radius 3 is 2.22 bits per heavy atom. The number of carbonyl (C=O) groups is 2. The molecule has 2 amide bonds. The van der Waals surface area contributed by atoms with Crippen molar-refractivity contribution in [2.24, 2.45) is 10.1 Å². The molecule has 0 aliphatic carbocycles. The first-order valence-electron chi connectivity index (χ1n) is 18.0. The van der Waals surface area contributed by atoms with Gasteiger partial charge in [0.25, 0.3) is 10.0 Å². The highest BCUT2D eigenvalue weighted by atomic mass is 32.2. The number of rotatable bonds is 10. The molecule has 1 fully saturated rings. The summed E-state index contributed by atoms with van der Waals surface area (Å²) in [5.74, 6) is -0.0757. The summed E-state index contributed by atoms with van der Waals surface area (Å²) < 4.78 is 72.7. The number of hydrogen-bond donors (Lipinski definition) is 3. The van der Waals surface area contributed by atoms with E-state index < -0.39 is 49.3 Å². The number of fused-ring (bicyclic) bond motifs is 2. The SMILES string of the molecule is Cc1c(C)c(S(=O)(=O)N=C(N)NCCCC(NS(=O)(=O)c2ccc3ccccc3c2)C(=O)N2CCN(C(=O)OC(C)(C)C)CC2)c(C)c2c1OC(C)(C)C2. The van der Waals surface area contributed by atoms with E-state index in [-0.39, 0.29) is 61.3 Å². The predicted octanol–water partition coefficient (Wildman–Crippen LogP) is 4.28. The maximum Gasteiger partial charge on any atom is 0.410 e. The first-order chi connectivity index (χ1) is 25.1. The number of nitrogens with one attached hydrogen (secondary N) is 2. The van der Waals surface area contributed by atoms with E-state index in [1.807, 2.05) is 45.0 Å². The molecule has 2 aliphatic heterocycles. The Morgan fingerprint density at radius 2 is 1.57 bits per heavy atom. The number of nitrogens with two attached hydrogens (primary N) is 1. The third-order valence-corrected chi connectivity index (χ3v) is 12.6. The summed E-state index contributed by atoms with van der Waals surface area (Å²) in [7, 11) is -8.37. The van der Waals surface area contributed by atoms with Gasteiger partial charge in [0.15, 0.2) is 0 Å². The van der Waals surface area contributed by atoms with E-state index in [9.17, 15) is 26.4 Å². The van der Waals surface area contributed by atoms with Crippen LogP contribution in [-0.4, -0.2) is 94.6 Å². The normalized spacial score (nSPS) is 16.9. The monoisotopic (exact) mass is 784 g/mol. The largest absolute Gasteiger partial charge is 0.487 e. The summed E-state index contributed by atoms with van der Waals surface area (Å²) in [5, 5.41) is 4.42. The van der Waals surface area contributed by atoms with Gasteiger partial charge in [-0.1, -0.05) is 30.3 Å². The molecule has 5 rings (SSSR count). The number of hydrogen-bond acceptors (Lipinski definition) is 8. The second-order valence-electron chi connectivity index (χ2n) is 15.5. The van der Waals surface area contributed by atoms with Crippen molar-refractivity contribution in [3.63, 3.8) is 0 Å². The molecule has 0 bridgehead atoms. The summed E-state index contributed by atoms with van der Waals surface area (Å²) in [5.41, 5.74) is 7.62. The molecular formula is C38H52N6O8S2. The minimum Gasteiger partial charge on any atom is -0.487 e. The average molecular weight is 785 g/mol. The van der Waals surface area contributed by atoms with Crippen LogP contribution >= 0.6 is 0 Å². The van der Waals surface area contributed by atoms with Crippen LogP contribution in [-0.2, 0) is 36.0 Å². The van der Waals surface area contributed by atoms with E-state index >= 15 is 0 Å². The Bertz CT molecular complexity index is 2190. The van der Waals surface area contributed by atoms with E-state index in [4.69, 9.17) is 15.2 Å². The smallest absolute Gasteiger partial charge is 0.410 e. The maximum atomic E-state index is 13.9. The lowest BCUT2D eigenvalue weighted by Crippen LogP contribution is -2.56. The molecule has 16 heteroatoms. The molecular weight excluding hydrogens is 733 g/mol. The minimum absolute atomic E-state index is 0.0101. The Kier molecular flexibility index (Phi) is 11.6. The zero-order valence-corrected chi connectivity index (χ0v) is 33.9. The highest BCUT2D eigenvalue weighted by Gasteiger charge is 2.37. The van der Waals surface area contributed by atoms with Crippen molar-refractivity contribution in [2.75, 3.05) is 32.7 Å². The van der Waals surface area contributed by atoms with Crippen LogP contribution in [0.2, 0.25) is 0 Å². The van der Waals surface area contributed by atoms with Crippen LogP contribution < -0.4 is 20.5 Å². The predicted molar refractivity (Wildman–Crippen MR) is 208 cm³/mol. The fourth-order valence-electron chi connectivity index (χ4n) is 6.84. The van der Waals surface area contributed by atoms with Gasteiger partial charge in [0, 0.05) is 44.7 Å². The number of carbonyl (C=O) groups excluding carboxylic acids is 2. The summed E-state index contributed by atoms with van der Waals surface area (Å²) >= 11 is 0. The topological polar surface area (TPSA) is 190 Å². The molecule has 0 aromatic heterocycles. The maximum absolute atomic E-state index is 13.9. The fraction of sp³-hybridized carbons (Fsp3) is 0.500. The molecule has 0 saturated carbocycles. The van der Waals surface area contributed by atoms with E-state index in [0.29, 0.717) is 23.3 Å². The molecule has 54 heavy (non-hydrogen) atoms. The molecule has 0 spiro atoms. The van der Waals surface area contributed by atoms with Crippen LogP contribution in [0.25, 0.3) is 10.8 Å². The van der Waals surface area contributed by atoms with Gasteiger partial charge in [0.2, 0.25) is 21.9 Å². The van der Waals surface area contributed by atoms with Crippen molar-refractivity contribution in [1.82, 2.24) is 19.8 Å². The third-order valence-electron chi connectivity index (χ3n) is 9.61. The van der Waals surface area contributed by atoms with Gasteiger partial charge in [-0.25, -0.2) is 13.2 Å². The molecule has 2 aliphatic rings. The lowest BCUT2D eigenvalue weighted by atomic mass is 9.94. The van der Waals surface area contributed by atoms with Crippen LogP contribution in [0, 0.1) is 20.8 Å². The van der Waals surface area contributed by atoms with Gasteiger partial charge in [-0.05, 0) is 108 Å². The number of nitrogens with zero attached hydrogens (tertiary/aromatic N) is 3. The van der Waals surface area contributed by atoms with Crippen molar-refractivity contribution in [3.05, 3.63) is 64.7 Å². The average Bonchev–Trinajstić information content (AvgIpc) is 3.42. The number of guanidine groups is 1. The molecule has 3 aromatic carbocycles. The Labute approximate surface area is 318 Å². The fourth-order valence-corrected chi connectivity index (χ4v) is 9.56. The van der Waals surface area contributed by atoms with Gasteiger partial charge < -0.3 is 30.3 Å². The summed E-state index contributed by atoms with van der Waals surface area (Å²) in [6, 6.07) is 10.9. The lowest BCUT2D eigenvalue weighted by molar-refractivity contribution is -0.135. The van der Waals surface area contributed by atoms with Gasteiger partial charge in [0.05, 0.1) is 9.79 Å². The summed E-state index contributed by atoms with van der Waals surface area (Å²) in [6.45, 7) is 15.4. The molecule has 1 atom stereocenters. The number of amides is 2. The standard InChI is InChI=1S/C38H52N6O8S2/c1-24-25(2)33(26(3)30-23-38(7,8)51-32(24)30)54(49,50)42-35(39)40-17-11-14-31(34(45)43-18-20-44(21-19-43)36(46)52-37(4,5)6)41-53(47,48)29-16-15-27-12-9-10-13-28(27)22-29/h9-10,12-13,15-16,22,31,41H,11,14,17-21,23H2,1-8H3,(H3,39,40,42). The van der Waals surface area contributed by atoms with Gasteiger partial charge in [-0.3, -0.25) is 4.79 Å². The summed E-state index contributed by atoms with van der Waals surface area (Å²) in [4.78, 5) is 29.7. The third kappa shape index (κ3) is 9.27. The Balaban J connectivity index is 1.29. The van der Waals surface area contributed by atoms with Crippen LogP contribution in [0.3, 0.4) is 0 Å². The highest BCUT2D eigenvalue weighted by Crippen LogP contribution is 2.44. The van der Waals surface area contributed by atoms with E-state index in [1.165, 1.54) is 15.9 Å². The number of ether oxygens (including phenoxy) is 2. The van der Waals surface area contributed by atoms with Crippen molar-refractivity contribution < 1.29 is 35.9 Å². The zero-order chi connectivity index (χ0) is 39.8. The second kappa shape index (κ2) is 15.4. The van der Waals surface area contributed by atoms with Crippen molar-refractivity contribution in [2.45, 2.75) is 102 Å². The minimum atomic E-state index is -4.22. The molecule has 2 heterocycles. The second-order valence-corrected chi connectivity index (χ2v) is 18.8.